The number of amides is 1. The van der Waals surface area contributed by atoms with Gasteiger partial charge in [0, 0.05) is 43.3 Å². The van der Waals surface area contributed by atoms with Crippen molar-refractivity contribution in [2.24, 2.45) is 0 Å². The molecule has 0 aliphatic heterocycles. The topological polar surface area (TPSA) is 107 Å². The molecule has 1 atom stereocenters. The van der Waals surface area contributed by atoms with Gasteiger partial charge < -0.3 is 9.87 Å². The average Bonchev–Trinajstić information content (AvgIpc) is 3.31. The lowest BCUT2D eigenvalue weighted by Gasteiger charge is -2.10. The predicted octanol–water partition coefficient (Wildman–Crippen LogP) is 4.03. The van der Waals surface area contributed by atoms with Gasteiger partial charge in [0.1, 0.15) is 12.1 Å². The van der Waals surface area contributed by atoms with E-state index in [1.165, 1.54) is 6.33 Å². The van der Waals surface area contributed by atoms with Gasteiger partial charge in [-0.2, -0.15) is 0 Å². The summed E-state index contributed by atoms with van der Waals surface area (Å²) >= 11 is 0.943. The Morgan fingerprint density at radius 3 is 2.67 bits per heavy atom. The van der Waals surface area contributed by atoms with Crippen molar-refractivity contribution >= 4 is 45.4 Å². The molecule has 4 aromatic rings. The molecule has 2 heterocycles. The van der Waals surface area contributed by atoms with Gasteiger partial charge in [0.15, 0.2) is 0 Å². The van der Waals surface area contributed by atoms with Crippen LogP contribution in [0.25, 0.3) is 11.3 Å². The summed E-state index contributed by atoms with van der Waals surface area (Å²) in [4.78, 5) is 19.8. The van der Waals surface area contributed by atoms with Gasteiger partial charge in [-0.25, -0.2) is 0 Å². The third-order valence-electron chi connectivity index (χ3n) is 4.29. The molecule has 0 saturated carbocycles. The molecule has 4 rings (SSSR count). The Bertz CT molecular complexity index is 1140. The minimum atomic E-state index is -1.31. The second kappa shape index (κ2) is 9.37. The molecule has 7 nitrogen and oxygen atoms in total. The lowest BCUT2D eigenvalue weighted by molar-refractivity contribution is 0.102. The number of anilines is 1. The summed E-state index contributed by atoms with van der Waals surface area (Å²) in [7, 11) is 0. The van der Waals surface area contributed by atoms with Crippen LogP contribution in [0.5, 0.6) is 0 Å². The van der Waals surface area contributed by atoms with Gasteiger partial charge in [0.2, 0.25) is 0 Å². The van der Waals surface area contributed by atoms with Gasteiger partial charge in [-0.1, -0.05) is 23.3 Å². The van der Waals surface area contributed by atoms with E-state index in [-0.39, 0.29) is 5.91 Å². The van der Waals surface area contributed by atoms with Crippen LogP contribution in [0.2, 0.25) is 0 Å². The Balaban J connectivity index is 1.45. The van der Waals surface area contributed by atoms with Crippen LogP contribution in [0.4, 0.5) is 5.69 Å². The molecular weight excluding hydrogens is 513 g/mol. The molecule has 0 fully saturated rings. The van der Waals surface area contributed by atoms with E-state index in [2.05, 4.69) is 48.1 Å². The highest BCUT2D eigenvalue weighted by molar-refractivity contribution is 14.1. The van der Waals surface area contributed by atoms with E-state index in [1.54, 1.807) is 30.5 Å². The van der Waals surface area contributed by atoms with Crippen molar-refractivity contribution in [3.8, 4) is 11.3 Å². The Morgan fingerprint density at radius 1 is 1.13 bits per heavy atom. The molecule has 9 heteroatoms. The summed E-state index contributed by atoms with van der Waals surface area (Å²) in [5.74, 6) is 0.0767. The number of H-pyrrole nitrogens is 1. The molecule has 0 bridgehead atoms. The first-order chi connectivity index (χ1) is 14.6. The number of halogens is 1. The van der Waals surface area contributed by atoms with Gasteiger partial charge in [0.05, 0.1) is 5.69 Å². The Morgan fingerprint density at radius 2 is 1.97 bits per heavy atom. The van der Waals surface area contributed by atoms with Crippen molar-refractivity contribution in [1.82, 2.24) is 20.2 Å². The molecule has 1 unspecified atom stereocenters. The molecule has 0 aliphatic rings. The molecule has 0 radical (unpaired) electrons. The zero-order valence-corrected chi connectivity index (χ0v) is 18.6. The number of rotatable bonds is 6. The molecular formula is C21H16IN5O2S. The van der Waals surface area contributed by atoms with Gasteiger partial charge in [-0.05, 0) is 65.1 Å². The van der Waals surface area contributed by atoms with Crippen LogP contribution < -0.4 is 5.32 Å². The van der Waals surface area contributed by atoms with E-state index in [1.807, 2.05) is 36.4 Å². The van der Waals surface area contributed by atoms with Crippen LogP contribution in [0.3, 0.4) is 0 Å². The Kier molecular flexibility index (Phi) is 6.41. The second-order valence-electron chi connectivity index (χ2n) is 6.34. The van der Waals surface area contributed by atoms with Crippen LogP contribution in [0.1, 0.15) is 15.9 Å². The van der Waals surface area contributed by atoms with Gasteiger partial charge in [-0.3, -0.25) is 14.8 Å². The fourth-order valence-electron chi connectivity index (χ4n) is 2.80. The number of benzene rings is 2. The first kappa shape index (κ1) is 20.5. The molecule has 1 amide bonds. The monoisotopic (exact) mass is 529 g/mol. The number of carbonyl (C=O) groups excluding carboxylic acids is 1. The standard InChI is InChI=1S/C21H16IN5O2S/c22-18-9-8-16(11-17(18)19-3-1-2-10-23-19)26-20(28)15-6-4-14(5-7-15)12-30(29)21-24-13-25-27-21/h1-11,13H,12H2,(H,26,28)(H,24,25,27). The Labute approximate surface area is 189 Å². The molecule has 150 valence electrons. The van der Waals surface area contributed by atoms with Crippen LogP contribution in [0.15, 0.2) is 78.3 Å². The van der Waals surface area contributed by atoms with Crippen molar-refractivity contribution in [2.75, 3.05) is 5.32 Å². The minimum Gasteiger partial charge on any atom is -0.609 e. The highest BCUT2D eigenvalue weighted by atomic mass is 127. The summed E-state index contributed by atoms with van der Waals surface area (Å²) in [6.07, 6.45) is 3.14. The van der Waals surface area contributed by atoms with Gasteiger partial charge >= 0.3 is 5.16 Å². The van der Waals surface area contributed by atoms with Crippen LogP contribution >= 0.6 is 22.6 Å². The highest BCUT2D eigenvalue weighted by Gasteiger charge is 2.16. The second-order valence-corrected chi connectivity index (χ2v) is 8.87. The summed E-state index contributed by atoms with van der Waals surface area (Å²) in [6.45, 7) is 0. The third-order valence-corrected chi connectivity index (χ3v) is 6.46. The van der Waals surface area contributed by atoms with Crippen molar-refractivity contribution in [1.29, 1.82) is 0 Å². The van der Waals surface area contributed by atoms with Crippen molar-refractivity contribution in [3.63, 3.8) is 0 Å². The quantitative estimate of drug-likeness (QED) is 0.290. The number of nitrogens with zero attached hydrogens (tertiary/aromatic N) is 3. The van der Waals surface area contributed by atoms with Crippen molar-refractivity contribution in [3.05, 3.63) is 87.9 Å². The normalized spacial score (nSPS) is 11.8. The van der Waals surface area contributed by atoms with E-state index in [0.717, 1.165) is 20.4 Å². The maximum absolute atomic E-state index is 12.7. The number of hydrogen-bond donors (Lipinski definition) is 2. The van der Waals surface area contributed by atoms with Gasteiger partial charge in [0.25, 0.3) is 5.91 Å². The van der Waals surface area contributed by atoms with E-state index in [0.29, 0.717) is 22.2 Å². The summed E-state index contributed by atoms with van der Waals surface area (Å²) in [5, 5.41) is 10.7. The first-order valence-corrected chi connectivity index (χ1v) is 11.4. The molecule has 30 heavy (non-hydrogen) atoms. The molecule has 2 N–H and O–H groups in total. The zero-order chi connectivity index (χ0) is 20.9. The third kappa shape index (κ3) is 4.86. The summed E-state index contributed by atoms with van der Waals surface area (Å²) in [5.41, 5.74) is 3.85. The number of pyridine rings is 1. The van der Waals surface area contributed by atoms with Crippen LogP contribution in [-0.4, -0.2) is 30.6 Å². The minimum absolute atomic E-state index is 0.217. The summed E-state index contributed by atoms with van der Waals surface area (Å²) < 4.78 is 13.3. The molecule has 0 aliphatic carbocycles. The van der Waals surface area contributed by atoms with Crippen LogP contribution in [-0.2, 0) is 16.9 Å². The fourth-order valence-corrected chi connectivity index (χ4v) is 4.37. The largest absolute Gasteiger partial charge is 0.609 e. The van der Waals surface area contributed by atoms with Crippen molar-refractivity contribution < 1.29 is 9.35 Å². The molecule has 0 saturated heterocycles. The average molecular weight is 529 g/mol. The SMILES string of the molecule is O=C(Nc1ccc(I)c(-c2ccccn2)c1)c1ccc(C[S+]([O-])c2nnc[nH]2)cc1. The van der Waals surface area contributed by atoms with Crippen LogP contribution in [0, 0.1) is 3.57 Å². The molecule has 2 aromatic carbocycles. The number of aromatic amines is 1. The first-order valence-electron chi connectivity index (χ1n) is 8.96. The number of carbonyl (C=O) groups is 1. The predicted molar refractivity (Wildman–Crippen MR) is 123 cm³/mol. The van der Waals surface area contributed by atoms with E-state index >= 15 is 0 Å². The van der Waals surface area contributed by atoms with Crippen molar-refractivity contribution in [2.45, 2.75) is 10.9 Å². The lowest BCUT2D eigenvalue weighted by atomic mass is 10.1. The van der Waals surface area contributed by atoms with E-state index in [4.69, 9.17) is 0 Å². The van der Waals surface area contributed by atoms with E-state index < -0.39 is 11.2 Å². The zero-order valence-electron chi connectivity index (χ0n) is 15.6. The maximum Gasteiger partial charge on any atom is 0.340 e. The number of aromatic nitrogens is 4. The van der Waals surface area contributed by atoms with E-state index in [9.17, 15) is 9.35 Å². The molecule has 0 spiro atoms. The van der Waals surface area contributed by atoms with Gasteiger partial charge in [-0.15, -0.1) is 5.10 Å². The fraction of sp³-hybridized carbons (Fsp3) is 0.0476. The smallest absolute Gasteiger partial charge is 0.340 e. The molecule has 2 aromatic heterocycles. The highest BCUT2D eigenvalue weighted by Crippen LogP contribution is 2.27. The Hall–Kier alpha value is -2.76. The lowest BCUT2D eigenvalue weighted by Crippen LogP contribution is -2.12. The number of nitrogens with one attached hydrogen (secondary N) is 2. The number of hydrogen-bond acceptors (Lipinski definition) is 5. The maximum atomic E-state index is 12.7. The summed E-state index contributed by atoms with van der Waals surface area (Å²) in [6, 6.07) is 18.5.